The van der Waals surface area contributed by atoms with Gasteiger partial charge in [0.15, 0.2) is 0 Å². The third-order valence-corrected chi connectivity index (χ3v) is 5.27. The Morgan fingerprint density at radius 3 is 2.96 bits per heavy atom. The number of anilines is 1. The molecule has 0 aliphatic heterocycles. The molecule has 6 heteroatoms. The van der Waals surface area contributed by atoms with Crippen molar-refractivity contribution in [3.63, 3.8) is 0 Å². The summed E-state index contributed by atoms with van der Waals surface area (Å²) in [7, 11) is 1.66. The molecule has 0 fully saturated rings. The second kappa shape index (κ2) is 7.84. The van der Waals surface area contributed by atoms with Crippen LogP contribution in [0.2, 0.25) is 0 Å². The van der Waals surface area contributed by atoms with E-state index in [9.17, 15) is 4.79 Å². The highest BCUT2D eigenvalue weighted by atomic mass is 16.5. The minimum absolute atomic E-state index is 0.0676. The number of benzene rings is 1. The van der Waals surface area contributed by atoms with Crippen LogP contribution in [0.1, 0.15) is 41.3 Å². The fourth-order valence-electron chi connectivity index (χ4n) is 3.87. The standard InChI is InChI=1S/C22H24N4O2/c1-15-10-17(13-23-12-15)26(14-21-24-8-9-25-21)22(27)19-5-3-4-16-6-7-18(28-2)11-20(16)19/h6-13,19H,3-5,14H2,1-2H3,(H,24,25). The van der Waals surface area contributed by atoms with E-state index in [0.717, 1.165) is 47.7 Å². The number of imidazole rings is 1. The van der Waals surface area contributed by atoms with Crippen molar-refractivity contribution in [1.29, 1.82) is 0 Å². The number of hydrogen-bond donors (Lipinski definition) is 1. The zero-order chi connectivity index (χ0) is 19.5. The number of nitrogens with one attached hydrogen (secondary N) is 1. The van der Waals surface area contributed by atoms with Gasteiger partial charge < -0.3 is 14.6 Å². The molecule has 3 aromatic rings. The van der Waals surface area contributed by atoms with Gasteiger partial charge in [0.25, 0.3) is 0 Å². The lowest BCUT2D eigenvalue weighted by atomic mass is 9.81. The maximum atomic E-state index is 13.7. The van der Waals surface area contributed by atoms with E-state index in [1.807, 2.05) is 25.1 Å². The summed E-state index contributed by atoms with van der Waals surface area (Å²) >= 11 is 0. The molecule has 0 bridgehead atoms. The minimum Gasteiger partial charge on any atom is -0.497 e. The molecule has 6 nitrogen and oxygen atoms in total. The first-order valence-electron chi connectivity index (χ1n) is 9.54. The number of aryl methyl sites for hydroxylation is 2. The molecule has 2 aromatic heterocycles. The Hall–Kier alpha value is -3.15. The van der Waals surface area contributed by atoms with Gasteiger partial charge in [-0.2, -0.15) is 0 Å². The van der Waals surface area contributed by atoms with Gasteiger partial charge in [-0.1, -0.05) is 6.07 Å². The van der Waals surface area contributed by atoms with E-state index >= 15 is 0 Å². The van der Waals surface area contributed by atoms with E-state index < -0.39 is 0 Å². The van der Waals surface area contributed by atoms with Crippen LogP contribution in [0, 0.1) is 6.92 Å². The smallest absolute Gasteiger partial charge is 0.235 e. The summed E-state index contributed by atoms with van der Waals surface area (Å²) in [6.45, 7) is 2.36. The molecule has 1 aliphatic carbocycles. The number of pyridine rings is 1. The monoisotopic (exact) mass is 376 g/mol. The minimum atomic E-state index is -0.200. The van der Waals surface area contributed by atoms with Gasteiger partial charge in [0, 0.05) is 18.6 Å². The second-order valence-corrected chi connectivity index (χ2v) is 7.19. The summed E-state index contributed by atoms with van der Waals surface area (Å²) in [5, 5.41) is 0. The first-order chi connectivity index (χ1) is 13.7. The van der Waals surface area contributed by atoms with Gasteiger partial charge in [-0.15, -0.1) is 0 Å². The Kier molecular flexibility index (Phi) is 5.10. The third-order valence-electron chi connectivity index (χ3n) is 5.27. The average molecular weight is 376 g/mol. The molecule has 1 N–H and O–H groups in total. The molecule has 1 amide bonds. The molecular weight excluding hydrogens is 352 g/mol. The van der Waals surface area contributed by atoms with Crippen molar-refractivity contribution in [1.82, 2.24) is 15.0 Å². The number of amides is 1. The lowest BCUT2D eigenvalue weighted by Crippen LogP contribution is -2.36. The number of ether oxygens (including phenoxy) is 1. The van der Waals surface area contributed by atoms with Crippen molar-refractivity contribution in [2.75, 3.05) is 12.0 Å². The van der Waals surface area contributed by atoms with Gasteiger partial charge in [-0.3, -0.25) is 9.78 Å². The second-order valence-electron chi connectivity index (χ2n) is 7.19. The number of hydrogen-bond acceptors (Lipinski definition) is 4. The van der Waals surface area contributed by atoms with Crippen molar-refractivity contribution in [3.8, 4) is 5.75 Å². The number of rotatable bonds is 5. The van der Waals surface area contributed by atoms with Gasteiger partial charge in [-0.25, -0.2) is 4.98 Å². The maximum Gasteiger partial charge on any atom is 0.235 e. The topological polar surface area (TPSA) is 71.1 Å². The Balaban J connectivity index is 1.72. The van der Waals surface area contributed by atoms with Crippen molar-refractivity contribution in [3.05, 3.63) is 71.6 Å². The molecule has 144 valence electrons. The van der Waals surface area contributed by atoms with Gasteiger partial charge in [0.05, 0.1) is 31.5 Å². The van der Waals surface area contributed by atoms with E-state index in [-0.39, 0.29) is 11.8 Å². The highest BCUT2D eigenvalue weighted by Gasteiger charge is 2.31. The number of nitrogens with zero attached hydrogens (tertiary/aromatic N) is 3. The van der Waals surface area contributed by atoms with E-state index in [2.05, 4.69) is 21.0 Å². The Morgan fingerprint density at radius 2 is 2.21 bits per heavy atom. The number of aromatic amines is 1. The maximum absolute atomic E-state index is 13.7. The molecule has 1 aliphatic rings. The van der Waals surface area contributed by atoms with E-state index in [1.165, 1.54) is 5.56 Å². The largest absolute Gasteiger partial charge is 0.497 e. The molecule has 1 atom stereocenters. The molecule has 0 spiro atoms. The molecule has 0 radical (unpaired) electrons. The summed E-state index contributed by atoms with van der Waals surface area (Å²) in [6.07, 6.45) is 9.82. The lowest BCUT2D eigenvalue weighted by molar-refractivity contribution is -0.120. The first-order valence-corrected chi connectivity index (χ1v) is 9.54. The first kappa shape index (κ1) is 18.2. The highest BCUT2D eigenvalue weighted by molar-refractivity contribution is 5.98. The Morgan fingerprint density at radius 1 is 1.32 bits per heavy atom. The fraction of sp³-hybridized carbons (Fsp3) is 0.318. The van der Waals surface area contributed by atoms with Gasteiger partial charge in [-0.05, 0) is 61.1 Å². The number of carbonyl (C=O) groups is 1. The number of methoxy groups -OCH3 is 1. The normalized spacial score (nSPS) is 15.7. The Bertz CT molecular complexity index is 968. The number of carbonyl (C=O) groups excluding carboxylic acids is 1. The van der Waals surface area contributed by atoms with Crippen molar-refractivity contribution < 1.29 is 9.53 Å². The molecule has 2 heterocycles. The van der Waals surface area contributed by atoms with Crippen LogP contribution in [0.4, 0.5) is 5.69 Å². The predicted octanol–water partition coefficient (Wildman–Crippen LogP) is 3.78. The zero-order valence-corrected chi connectivity index (χ0v) is 16.2. The van der Waals surface area contributed by atoms with Crippen LogP contribution in [-0.4, -0.2) is 28.0 Å². The molecule has 1 unspecified atom stereocenters. The summed E-state index contributed by atoms with van der Waals surface area (Å²) in [4.78, 5) is 27.2. The molecular formula is C22H24N4O2. The summed E-state index contributed by atoms with van der Waals surface area (Å²) in [6, 6.07) is 8.05. The van der Waals surface area contributed by atoms with Crippen molar-refractivity contribution in [2.45, 2.75) is 38.6 Å². The number of fused-ring (bicyclic) bond motifs is 1. The zero-order valence-electron chi connectivity index (χ0n) is 16.2. The summed E-state index contributed by atoms with van der Waals surface area (Å²) < 4.78 is 5.40. The van der Waals surface area contributed by atoms with E-state index in [0.29, 0.717) is 6.54 Å². The molecule has 4 rings (SSSR count). The van der Waals surface area contributed by atoms with Gasteiger partial charge >= 0.3 is 0 Å². The van der Waals surface area contributed by atoms with Crippen LogP contribution in [0.25, 0.3) is 0 Å². The van der Waals surface area contributed by atoms with Gasteiger partial charge in [0.1, 0.15) is 11.6 Å². The average Bonchev–Trinajstić information content (AvgIpc) is 3.24. The highest BCUT2D eigenvalue weighted by Crippen LogP contribution is 2.36. The molecule has 0 saturated heterocycles. The van der Waals surface area contributed by atoms with Crippen LogP contribution in [0.15, 0.2) is 49.1 Å². The van der Waals surface area contributed by atoms with Crippen molar-refractivity contribution >= 4 is 11.6 Å². The van der Waals surface area contributed by atoms with Crippen molar-refractivity contribution in [2.24, 2.45) is 0 Å². The Labute approximate surface area is 164 Å². The van der Waals surface area contributed by atoms with Gasteiger partial charge in [0.2, 0.25) is 5.91 Å². The quantitative estimate of drug-likeness (QED) is 0.736. The summed E-state index contributed by atoms with van der Waals surface area (Å²) in [5.41, 5.74) is 4.10. The van der Waals surface area contributed by atoms with Crippen LogP contribution in [0.5, 0.6) is 5.75 Å². The number of aromatic nitrogens is 3. The van der Waals surface area contributed by atoms with E-state index in [4.69, 9.17) is 4.74 Å². The molecule has 0 saturated carbocycles. The lowest BCUT2D eigenvalue weighted by Gasteiger charge is -2.31. The molecule has 28 heavy (non-hydrogen) atoms. The molecule has 1 aromatic carbocycles. The van der Waals surface area contributed by atoms with Crippen LogP contribution < -0.4 is 9.64 Å². The van der Waals surface area contributed by atoms with Crippen LogP contribution in [0.3, 0.4) is 0 Å². The van der Waals surface area contributed by atoms with Crippen LogP contribution >= 0.6 is 0 Å². The van der Waals surface area contributed by atoms with E-state index in [1.54, 1.807) is 36.8 Å². The van der Waals surface area contributed by atoms with Crippen LogP contribution in [-0.2, 0) is 17.8 Å². The number of H-pyrrole nitrogens is 1. The fourth-order valence-corrected chi connectivity index (χ4v) is 3.87. The SMILES string of the molecule is COc1ccc2c(c1)C(C(=O)N(Cc1ncc[nH]1)c1cncc(C)c1)CCC2. The third kappa shape index (κ3) is 3.63. The predicted molar refractivity (Wildman–Crippen MR) is 107 cm³/mol. The summed E-state index contributed by atoms with van der Waals surface area (Å²) in [5.74, 6) is 1.40.